The third kappa shape index (κ3) is 3.69. The molecule has 1 atom stereocenters. The average molecular weight is 489 g/mol. The van der Waals surface area contributed by atoms with Crippen molar-refractivity contribution in [1.82, 2.24) is 4.98 Å². The van der Waals surface area contributed by atoms with Crippen LogP contribution in [-0.4, -0.2) is 21.8 Å². The van der Waals surface area contributed by atoms with Crippen LogP contribution in [0.1, 0.15) is 33.9 Å². The molecule has 7 heteroatoms. The van der Waals surface area contributed by atoms with Gasteiger partial charge in [0.15, 0.2) is 5.13 Å². The molecule has 170 valence electrons. The van der Waals surface area contributed by atoms with Crippen LogP contribution in [0.15, 0.2) is 66.2 Å². The lowest BCUT2D eigenvalue weighted by atomic mass is 9.95. The summed E-state index contributed by atoms with van der Waals surface area (Å²) in [7, 11) is 0. The number of carbonyl (C=O) groups excluding carboxylic acids is 2. The van der Waals surface area contributed by atoms with Crippen LogP contribution < -0.4 is 4.90 Å². The number of Topliss-reactive ketones (excluding diaryl/α,β-unsaturated/α-hetero) is 1. The van der Waals surface area contributed by atoms with Crippen molar-refractivity contribution in [3.8, 4) is 0 Å². The fourth-order valence-corrected chi connectivity index (χ4v) is 5.61. The van der Waals surface area contributed by atoms with Gasteiger partial charge in [-0.2, -0.15) is 0 Å². The van der Waals surface area contributed by atoms with Crippen LogP contribution in [0.25, 0.3) is 16.0 Å². The molecule has 1 N–H and O–H groups in total. The van der Waals surface area contributed by atoms with Gasteiger partial charge in [-0.1, -0.05) is 58.8 Å². The van der Waals surface area contributed by atoms with E-state index in [1.807, 2.05) is 57.2 Å². The van der Waals surface area contributed by atoms with E-state index in [9.17, 15) is 14.7 Å². The fourth-order valence-electron chi connectivity index (χ4n) is 4.32. The third-order valence-corrected chi connectivity index (χ3v) is 7.23. The number of fused-ring (bicyclic) bond motifs is 1. The zero-order valence-corrected chi connectivity index (χ0v) is 20.4. The monoisotopic (exact) mass is 488 g/mol. The van der Waals surface area contributed by atoms with Crippen molar-refractivity contribution in [3.05, 3.63) is 99.1 Å². The van der Waals surface area contributed by atoms with E-state index in [-0.39, 0.29) is 11.3 Å². The molecule has 1 amide bonds. The minimum absolute atomic E-state index is 0.0309. The highest BCUT2D eigenvalue weighted by Gasteiger charge is 2.48. The Balaban J connectivity index is 1.74. The lowest BCUT2D eigenvalue weighted by molar-refractivity contribution is -0.132. The molecule has 1 aromatic heterocycles. The topological polar surface area (TPSA) is 70.5 Å². The Hall–Kier alpha value is -3.48. The summed E-state index contributed by atoms with van der Waals surface area (Å²) in [6.07, 6.45) is 0. The summed E-state index contributed by atoms with van der Waals surface area (Å²) in [5, 5.41) is 12.1. The molecule has 4 aromatic rings. The third-order valence-electron chi connectivity index (χ3n) is 5.98. The second kappa shape index (κ2) is 8.38. The van der Waals surface area contributed by atoms with E-state index in [1.165, 1.54) is 16.2 Å². The number of aryl methyl sites for hydroxylation is 3. The van der Waals surface area contributed by atoms with Gasteiger partial charge in [0, 0.05) is 10.6 Å². The highest BCUT2D eigenvalue weighted by atomic mass is 35.5. The Morgan fingerprint density at radius 2 is 1.65 bits per heavy atom. The number of hydrogen-bond acceptors (Lipinski definition) is 5. The van der Waals surface area contributed by atoms with Crippen LogP contribution in [-0.2, 0) is 9.59 Å². The molecular formula is C27H21ClN2O3S. The van der Waals surface area contributed by atoms with E-state index in [0.717, 1.165) is 26.9 Å². The summed E-state index contributed by atoms with van der Waals surface area (Å²) in [4.78, 5) is 32.8. The van der Waals surface area contributed by atoms with Crippen LogP contribution in [0.5, 0.6) is 0 Å². The van der Waals surface area contributed by atoms with E-state index < -0.39 is 17.7 Å². The Kier molecular flexibility index (Phi) is 5.50. The van der Waals surface area contributed by atoms with Gasteiger partial charge in [-0.3, -0.25) is 14.5 Å². The summed E-state index contributed by atoms with van der Waals surface area (Å²) in [5.74, 6) is -1.70. The number of aromatic nitrogens is 1. The normalized spacial score (nSPS) is 17.6. The molecule has 0 bridgehead atoms. The number of thiazole rings is 1. The van der Waals surface area contributed by atoms with Crippen molar-refractivity contribution in [2.75, 3.05) is 4.90 Å². The maximum atomic E-state index is 13.4. The fraction of sp³-hybridized carbons (Fsp3) is 0.148. The molecule has 1 aliphatic rings. The molecular weight excluding hydrogens is 468 g/mol. The molecule has 2 heterocycles. The number of hydrogen-bond donors (Lipinski definition) is 1. The molecule has 0 spiro atoms. The predicted octanol–water partition coefficient (Wildman–Crippen LogP) is 6.50. The van der Waals surface area contributed by atoms with Gasteiger partial charge in [-0.05, 0) is 67.8 Å². The molecule has 0 radical (unpaired) electrons. The second-order valence-corrected chi connectivity index (χ2v) is 9.96. The van der Waals surface area contributed by atoms with Crippen molar-refractivity contribution in [3.63, 3.8) is 0 Å². The van der Waals surface area contributed by atoms with Crippen LogP contribution in [0.4, 0.5) is 5.13 Å². The lowest BCUT2D eigenvalue weighted by Crippen LogP contribution is -2.29. The first-order valence-corrected chi connectivity index (χ1v) is 12.0. The Morgan fingerprint density at radius 3 is 2.32 bits per heavy atom. The predicted molar refractivity (Wildman–Crippen MR) is 137 cm³/mol. The maximum Gasteiger partial charge on any atom is 0.301 e. The highest BCUT2D eigenvalue weighted by molar-refractivity contribution is 7.22. The van der Waals surface area contributed by atoms with E-state index in [1.54, 1.807) is 24.3 Å². The van der Waals surface area contributed by atoms with Crippen molar-refractivity contribution in [2.45, 2.75) is 26.8 Å². The summed E-state index contributed by atoms with van der Waals surface area (Å²) < 4.78 is 0.940. The standard InChI is InChI=1S/C27H21ClN2O3S/c1-14-4-6-17(7-5-14)23-21(24(31)18-8-10-19(28)11-9-18)25(32)26(33)30(23)27-29-22-16(3)12-15(2)13-20(22)34-27/h4-13,23,31H,1-3H3/t23-/m0/s1. The van der Waals surface area contributed by atoms with E-state index in [2.05, 4.69) is 0 Å². The van der Waals surface area contributed by atoms with Gasteiger partial charge in [0.2, 0.25) is 0 Å². The van der Waals surface area contributed by atoms with Crippen LogP contribution >= 0.6 is 22.9 Å². The number of ketones is 1. The first-order valence-electron chi connectivity index (χ1n) is 10.8. The number of aliphatic hydroxyl groups excluding tert-OH is 1. The molecule has 1 aliphatic heterocycles. The van der Waals surface area contributed by atoms with Crippen molar-refractivity contribution in [1.29, 1.82) is 0 Å². The first kappa shape index (κ1) is 22.3. The number of benzene rings is 3. The SMILES string of the molecule is Cc1ccc([C@H]2C(=C(O)c3ccc(Cl)cc3)C(=O)C(=O)N2c2nc3c(C)cc(C)cc3s2)cc1. The Bertz CT molecular complexity index is 1490. The van der Waals surface area contributed by atoms with Crippen molar-refractivity contribution < 1.29 is 14.7 Å². The number of rotatable bonds is 3. The van der Waals surface area contributed by atoms with Gasteiger partial charge in [-0.25, -0.2) is 4.98 Å². The minimum atomic E-state index is -0.807. The molecule has 34 heavy (non-hydrogen) atoms. The lowest BCUT2D eigenvalue weighted by Gasteiger charge is -2.23. The number of anilines is 1. The molecule has 0 aliphatic carbocycles. The molecule has 0 unspecified atom stereocenters. The molecule has 3 aromatic carbocycles. The van der Waals surface area contributed by atoms with Crippen LogP contribution in [0, 0.1) is 20.8 Å². The molecule has 0 saturated carbocycles. The van der Waals surface area contributed by atoms with Crippen molar-refractivity contribution >= 4 is 55.7 Å². The summed E-state index contributed by atoms with van der Waals surface area (Å²) in [6, 6.07) is 17.4. The van der Waals surface area contributed by atoms with Gasteiger partial charge >= 0.3 is 5.91 Å². The first-order chi connectivity index (χ1) is 16.2. The molecule has 1 saturated heterocycles. The maximum absolute atomic E-state index is 13.4. The number of aliphatic hydroxyl groups is 1. The highest BCUT2D eigenvalue weighted by Crippen LogP contribution is 2.44. The van der Waals surface area contributed by atoms with Crippen molar-refractivity contribution in [2.24, 2.45) is 0 Å². The zero-order chi connectivity index (χ0) is 24.1. The van der Waals surface area contributed by atoms with Gasteiger partial charge < -0.3 is 5.11 Å². The van der Waals surface area contributed by atoms with Crippen LogP contribution in [0.2, 0.25) is 5.02 Å². The largest absolute Gasteiger partial charge is 0.507 e. The quantitative estimate of drug-likeness (QED) is 0.203. The Morgan fingerprint density at radius 1 is 0.971 bits per heavy atom. The molecule has 5 rings (SSSR count). The zero-order valence-electron chi connectivity index (χ0n) is 18.8. The smallest absolute Gasteiger partial charge is 0.301 e. The molecule has 1 fully saturated rings. The number of halogens is 1. The van der Waals surface area contributed by atoms with Gasteiger partial charge in [0.05, 0.1) is 21.8 Å². The van der Waals surface area contributed by atoms with E-state index in [0.29, 0.717) is 21.3 Å². The minimum Gasteiger partial charge on any atom is -0.507 e. The van der Waals surface area contributed by atoms with E-state index in [4.69, 9.17) is 16.6 Å². The molecule has 5 nitrogen and oxygen atoms in total. The number of nitrogens with zero attached hydrogens (tertiary/aromatic N) is 2. The summed E-state index contributed by atoms with van der Waals surface area (Å²) in [6.45, 7) is 5.95. The average Bonchev–Trinajstić information content (AvgIpc) is 3.33. The van der Waals surface area contributed by atoms with Gasteiger partial charge in [0.1, 0.15) is 5.76 Å². The number of amides is 1. The van der Waals surface area contributed by atoms with E-state index >= 15 is 0 Å². The number of carbonyl (C=O) groups is 2. The summed E-state index contributed by atoms with van der Waals surface area (Å²) >= 11 is 7.36. The second-order valence-electron chi connectivity index (χ2n) is 8.51. The van der Waals surface area contributed by atoms with Gasteiger partial charge in [0.25, 0.3) is 5.78 Å². The Labute approximate surface area is 205 Å². The van der Waals surface area contributed by atoms with Crippen LogP contribution in [0.3, 0.4) is 0 Å². The van der Waals surface area contributed by atoms with Gasteiger partial charge in [-0.15, -0.1) is 0 Å². The summed E-state index contributed by atoms with van der Waals surface area (Å²) in [5.41, 5.74) is 5.10.